The predicted octanol–water partition coefficient (Wildman–Crippen LogP) is 3.59. The predicted molar refractivity (Wildman–Crippen MR) is 63.5 cm³/mol. The summed E-state index contributed by atoms with van der Waals surface area (Å²) in [7, 11) is 0. The van der Waals surface area contributed by atoms with Crippen molar-refractivity contribution in [3.63, 3.8) is 0 Å². The second kappa shape index (κ2) is 5.16. The molecule has 0 bridgehead atoms. The molecule has 0 saturated heterocycles. The molecule has 0 aromatic heterocycles. The Bertz CT molecular complexity index is 163. The van der Waals surface area contributed by atoms with Crippen LogP contribution in [0.15, 0.2) is 0 Å². The molecule has 0 aromatic rings. The van der Waals surface area contributed by atoms with Crippen LogP contribution in [0.3, 0.4) is 0 Å². The molecule has 1 N–H and O–H groups in total. The van der Waals surface area contributed by atoms with Crippen molar-refractivity contribution in [3.05, 3.63) is 0 Å². The molecule has 14 heavy (non-hydrogen) atoms. The van der Waals surface area contributed by atoms with Gasteiger partial charge in [0, 0.05) is 12.6 Å². The Morgan fingerprint density at radius 3 is 2.43 bits per heavy atom. The molecule has 1 rings (SSSR count). The Kier molecular flexibility index (Phi) is 4.43. The van der Waals surface area contributed by atoms with E-state index in [9.17, 15) is 0 Å². The average Bonchev–Trinajstić information content (AvgIpc) is 2.17. The Labute approximate surface area is 89.7 Å². The van der Waals surface area contributed by atoms with Gasteiger partial charge in [-0.05, 0) is 30.6 Å². The third-order valence-electron chi connectivity index (χ3n) is 3.91. The SMILES string of the molecule is CCC(C)(C)CNC1CCCCC1C. The van der Waals surface area contributed by atoms with Gasteiger partial charge in [-0.25, -0.2) is 0 Å². The number of hydrogen-bond donors (Lipinski definition) is 1. The van der Waals surface area contributed by atoms with Crippen molar-refractivity contribution in [1.82, 2.24) is 5.32 Å². The van der Waals surface area contributed by atoms with Crippen LogP contribution < -0.4 is 5.32 Å². The summed E-state index contributed by atoms with van der Waals surface area (Å²) in [6, 6.07) is 0.787. The van der Waals surface area contributed by atoms with Crippen molar-refractivity contribution in [2.75, 3.05) is 6.54 Å². The summed E-state index contributed by atoms with van der Waals surface area (Å²) < 4.78 is 0. The zero-order valence-corrected chi connectivity index (χ0v) is 10.4. The monoisotopic (exact) mass is 197 g/mol. The van der Waals surface area contributed by atoms with E-state index in [2.05, 4.69) is 33.0 Å². The number of hydrogen-bond acceptors (Lipinski definition) is 1. The van der Waals surface area contributed by atoms with E-state index in [1.54, 1.807) is 0 Å². The highest BCUT2D eigenvalue weighted by molar-refractivity contribution is 4.80. The van der Waals surface area contributed by atoms with E-state index in [1.165, 1.54) is 38.6 Å². The first kappa shape index (κ1) is 12.0. The van der Waals surface area contributed by atoms with Gasteiger partial charge in [0.25, 0.3) is 0 Å². The molecule has 84 valence electrons. The van der Waals surface area contributed by atoms with Crippen molar-refractivity contribution in [3.8, 4) is 0 Å². The van der Waals surface area contributed by atoms with Gasteiger partial charge >= 0.3 is 0 Å². The first-order valence-corrected chi connectivity index (χ1v) is 6.28. The maximum atomic E-state index is 3.76. The van der Waals surface area contributed by atoms with Crippen LogP contribution in [0.2, 0.25) is 0 Å². The zero-order valence-electron chi connectivity index (χ0n) is 10.4. The van der Waals surface area contributed by atoms with Crippen LogP contribution in [-0.4, -0.2) is 12.6 Å². The summed E-state index contributed by atoms with van der Waals surface area (Å²) in [4.78, 5) is 0. The van der Waals surface area contributed by atoms with Crippen LogP contribution >= 0.6 is 0 Å². The van der Waals surface area contributed by atoms with Gasteiger partial charge in [-0.3, -0.25) is 0 Å². The minimum Gasteiger partial charge on any atom is -0.313 e. The molecule has 0 heterocycles. The zero-order chi connectivity index (χ0) is 10.6. The number of rotatable bonds is 4. The quantitative estimate of drug-likeness (QED) is 0.726. The van der Waals surface area contributed by atoms with Gasteiger partial charge in [0.15, 0.2) is 0 Å². The lowest BCUT2D eigenvalue weighted by Gasteiger charge is -2.33. The van der Waals surface area contributed by atoms with Crippen molar-refractivity contribution >= 4 is 0 Å². The second-order valence-electron chi connectivity index (χ2n) is 5.77. The molecule has 2 atom stereocenters. The maximum absolute atomic E-state index is 3.76. The summed E-state index contributed by atoms with van der Waals surface area (Å²) in [5, 5.41) is 3.76. The lowest BCUT2D eigenvalue weighted by Crippen LogP contribution is -2.41. The Hall–Kier alpha value is -0.0400. The lowest BCUT2D eigenvalue weighted by atomic mass is 9.84. The summed E-state index contributed by atoms with van der Waals surface area (Å²) in [5.41, 5.74) is 0.469. The summed E-state index contributed by atoms with van der Waals surface area (Å²) in [5.74, 6) is 0.886. The Morgan fingerprint density at radius 2 is 1.86 bits per heavy atom. The van der Waals surface area contributed by atoms with Gasteiger partial charge in [0.2, 0.25) is 0 Å². The third kappa shape index (κ3) is 3.61. The van der Waals surface area contributed by atoms with E-state index in [-0.39, 0.29) is 0 Å². The van der Waals surface area contributed by atoms with Gasteiger partial charge < -0.3 is 5.32 Å². The summed E-state index contributed by atoms with van der Waals surface area (Å²) >= 11 is 0. The number of nitrogens with one attached hydrogen (secondary N) is 1. The van der Waals surface area contributed by atoms with Crippen LogP contribution in [-0.2, 0) is 0 Å². The van der Waals surface area contributed by atoms with Crippen LogP contribution in [0.1, 0.15) is 59.8 Å². The van der Waals surface area contributed by atoms with Crippen LogP contribution in [0, 0.1) is 11.3 Å². The normalized spacial score (nSPS) is 29.1. The van der Waals surface area contributed by atoms with Gasteiger partial charge in [-0.15, -0.1) is 0 Å². The van der Waals surface area contributed by atoms with E-state index in [4.69, 9.17) is 0 Å². The highest BCUT2D eigenvalue weighted by Gasteiger charge is 2.23. The molecule has 0 spiro atoms. The average molecular weight is 197 g/mol. The van der Waals surface area contributed by atoms with Gasteiger partial charge in [0.05, 0.1) is 0 Å². The van der Waals surface area contributed by atoms with Gasteiger partial charge in [0.1, 0.15) is 0 Å². The summed E-state index contributed by atoms with van der Waals surface area (Å²) in [6.45, 7) is 10.6. The minimum atomic E-state index is 0.469. The van der Waals surface area contributed by atoms with E-state index < -0.39 is 0 Å². The molecule has 0 radical (unpaired) electrons. The van der Waals surface area contributed by atoms with Crippen molar-refractivity contribution in [2.45, 2.75) is 65.8 Å². The fraction of sp³-hybridized carbons (Fsp3) is 1.00. The van der Waals surface area contributed by atoms with Crippen molar-refractivity contribution in [1.29, 1.82) is 0 Å². The fourth-order valence-corrected chi connectivity index (χ4v) is 2.15. The van der Waals surface area contributed by atoms with Crippen LogP contribution in [0.5, 0.6) is 0 Å². The van der Waals surface area contributed by atoms with Crippen LogP contribution in [0.4, 0.5) is 0 Å². The molecular weight excluding hydrogens is 170 g/mol. The lowest BCUT2D eigenvalue weighted by molar-refractivity contribution is 0.236. The smallest absolute Gasteiger partial charge is 0.00929 e. The first-order chi connectivity index (χ1) is 6.55. The molecule has 1 nitrogen and oxygen atoms in total. The highest BCUT2D eigenvalue weighted by Crippen LogP contribution is 2.25. The van der Waals surface area contributed by atoms with Crippen LogP contribution in [0.25, 0.3) is 0 Å². The van der Waals surface area contributed by atoms with Gasteiger partial charge in [-0.1, -0.05) is 40.5 Å². The Morgan fingerprint density at radius 1 is 1.21 bits per heavy atom. The first-order valence-electron chi connectivity index (χ1n) is 6.28. The molecule has 0 amide bonds. The molecule has 1 aliphatic carbocycles. The molecular formula is C13H27N. The molecule has 2 unspecified atom stereocenters. The molecule has 1 saturated carbocycles. The highest BCUT2D eigenvalue weighted by atomic mass is 14.9. The minimum absolute atomic E-state index is 0.469. The standard InChI is InChI=1S/C13H27N/c1-5-13(3,4)10-14-12-9-7-6-8-11(12)2/h11-12,14H,5-10H2,1-4H3. The third-order valence-corrected chi connectivity index (χ3v) is 3.91. The fourth-order valence-electron chi connectivity index (χ4n) is 2.15. The Balaban J connectivity index is 2.29. The molecule has 1 aliphatic rings. The maximum Gasteiger partial charge on any atom is 0.00929 e. The second-order valence-corrected chi connectivity index (χ2v) is 5.77. The van der Waals surface area contributed by atoms with E-state index in [0.29, 0.717) is 5.41 Å². The van der Waals surface area contributed by atoms with E-state index >= 15 is 0 Å². The van der Waals surface area contributed by atoms with E-state index in [0.717, 1.165) is 12.0 Å². The molecule has 0 aliphatic heterocycles. The molecule has 0 aromatic carbocycles. The molecule has 1 fully saturated rings. The topological polar surface area (TPSA) is 12.0 Å². The van der Waals surface area contributed by atoms with Crippen molar-refractivity contribution in [2.24, 2.45) is 11.3 Å². The molecule has 1 heteroatoms. The van der Waals surface area contributed by atoms with Crippen molar-refractivity contribution < 1.29 is 0 Å². The van der Waals surface area contributed by atoms with E-state index in [1.807, 2.05) is 0 Å². The van der Waals surface area contributed by atoms with Gasteiger partial charge in [-0.2, -0.15) is 0 Å². The largest absolute Gasteiger partial charge is 0.313 e. The summed E-state index contributed by atoms with van der Waals surface area (Å²) in [6.07, 6.45) is 6.94.